The number of carbonyl (C=O) groups is 1. The summed E-state index contributed by atoms with van der Waals surface area (Å²) in [4.78, 5) is 46.2. The maximum absolute atomic E-state index is 12.9. The van der Waals surface area contributed by atoms with Gasteiger partial charge in [0.05, 0.1) is 19.0 Å². The first-order valence-corrected chi connectivity index (χ1v) is 12.7. The Hall–Kier alpha value is -3.27. The van der Waals surface area contributed by atoms with E-state index in [1.165, 1.54) is 17.2 Å². The van der Waals surface area contributed by atoms with E-state index in [0.717, 1.165) is 16.5 Å². The number of ether oxygens (including phenoxy) is 1. The molecular weight excluding hydrogens is 509 g/mol. The Labute approximate surface area is 208 Å². The Morgan fingerprint density at radius 2 is 2.03 bits per heavy atom. The molecule has 5 rings (SSSR count). The number of hydrogen-bond donors (Lipinski definition) is 7. The summed E-state index contributed by atoms with van der Waals surface area (Å²) in [6, 6.07) is 6.77. The van der Waals surface area contributed by atoms with E-state index in [1.54, 1.807) is 0 Å². The van der Waals surface area contributed by atoms with Gasteiger partial charge in [0.15, 0.2) is 23.2 Å². The highest BCUT2D eigenvalue weighted by molar-refractivity contribution is 7.46. The van der Waals surface area contributed by atoms with E-state index in [-0.39, 0.29) is 23.4 Å². The molecule has 0 spiro atoms. The summed E-state index contributed by atoms with van der Waals surface area (Å²) in [5.74, 6) is -0.417. The Balaban J connectivity index is 1.32. The molecule has 5 unspecified atom stereocenters. The number of nitrogens with two attached hydrogens (primary N) is 1. The number of fused-ring (bicyclic) bond motifs is 2. The second-order valence-corrected chi connectivity index (χ2v) is 9.78. The lowest BCUT2D eigenvalue weighted by Gasteiger charge is -2.16. The van der Waals surface area contributed by atoms with Crippen LogP contribution in [0.5, 0.6) is 0 Å². The van der Waals surface area contributed by atoms with Gasteiger partial charge in [-0.25, -0.2) is 19.5 Å². The highest BCUT2D eigenvalue weighted by Crippen LogP contribution is 2.39. The van der Waals surface area contributed by atoms with Gasteiger partial charge in [-0.1, -0.05) is 18.2 Å². The van der Waals surface area contributed by atoms with Crippen LogP contribution < -0.4 is 11.1 Å². The van der Waals surface area contributed by atoms with E-state index >= 15 is 0 Å². The van der Waals surface area contributed by atoms with Crippen molar-refractivity contribution in [2.75, 3.05) is 11.9 Å². The Bertz CT molecular complexity index is 1490. The molecule has 1 aliphatic heterocycles. The second-order valence-electron chi connectivity index (χ2n) is 8.54. The SMILES string of the molecule is NC(Cc1c[nH]c2ccccc12)C(=O)Nc1ncnc2c1ncn2C1OC(COP(=O)(O)O)C(O)C1O. The van der Waals surface area contributed by atoms with E-state index in [0.29, 0.717) is 0 Å². The number of rotatable bonds is 8. The van der Waals surface area contributed by atoms with Crippen molar-refractivity contribution in [1.82, 2.24) is 24.5 Å². The van der Waals surface area contributed by atoms with Crippen LogP contribution in [0, 0.1) is 0 Å². The number of nitrogens with one attached hydrogen (secondary N) is 2. The molecule has 196 valence electrons. The molecule has 0 radical (unpaired) electrons. The summed E-state index contributed by atoms with van der Waals surface area (Å²) in [5.41, 5.74) is 8.33. The average molecular weight is 533 g/mol. The topological polar surface area (TPSA) is 231 Å². The van der Waals surface area contributed by atoms with E-state index in [2.05, 4.69) is 29.8 Å². The molecule has 0 aliphatic carbocycles. The lowest BCUT2D eigenvalue weighted by molar-refractivity contribution is -0.117. The first-order valence-electron chi connectivity index (χ1n) is 11.1. The van der Waals surface area contributed by atoms with E-state index < -0.39 is 50.9 Å². The lowest BCUT2D eigenvalue weighted by Crippen LogP contribution is -2.37. The molecule has 0 bridgehead atoms. The molecule has 5 atom stereocenters. The van der Waals surface area contributed by atoms with Crippen LogP contribution in [0.4, 0.5) is 5.82 Å². The molecule has 16 heteroatoms. The lowest BCUT2D eigenvalue weighted by atomic mass is 10.1. The molecule has 0 saturated carbocycles. The molecule has 37 heavy (non-hydrogen) atoms. The number of phosphoric ester groups is 1. The molecule has 15 nitrogen and oxygen atoms in total. The third-order valence-corrected chi connectivity index (χ3v) is 6.56. The van der Waals surface area contributed by atoms with Crippen molar-refractivity contribution in [3.05, 3.63) is 48.7 Å². The number of H-pyrrole nitrogens is 1. The molecule has 4 heterocycles. The van der Waals surface area contributed by atoms with Crippen molar-refractivity contribution in [1.29, 1.82) is 0 Å². The van der Waals surface area contributed by atoms with Crippen molar-refractivity contribution < 1.29 is 38.6 Å². The van der Waals surface area contributed by atoms with Gasteiger partial charge in [-0.15, -0.1) is 0 Å². The van der Waals surface area contributed by atoms with Crippen LogP contribution in [0.1, 0.15) is 11.8 Å². The predicted octanol–water partition coefficient (Wildman–Crippen LogP) is -0.455. The molecule has 1 aliphatic rings. The standard InChI is InChI=1S/C21H24N7O8P/c22-12(5-10-6-23-13-4-2-1-3-11(10)13)20(31)27-18-15-19(25-8-24-18)28(9-26-15)21-17(30)16(29)14(36-21)7-35-37(32,33)34/h1-4,6,8-9,12,14,16-17,21,23,29-30H,5,7,22H2,(H2,32,33,34)(H,24,25,27,31). The van der Waals surface area contributed by atoms with Gasteiger partial charge >= 0.3 is 7.82 Å². The van der Waals surface area contributed by atoms with E-state index in [9.17, 15) is 19.6 Å². The highest BCUT2D eigenvalue weighted by atomic mass is 31.2. The van der Waals surface area contributed by atoms with Gasteiger partial charge in [-0.3, -0.25) is 13.9 Å². The van der Waals surface area contributed by atoms with Crippen molar-refractivity contribution in [3.63, 3.8) is 0 Å². The van der Waals surface area contributed by atoms with Crippen molar-refractivity contribution in [2.45, 2.75) is 37.0 Å². The minimum absolute atomic E-state index is 0.0811. The van der Waals surface area contributed by atoms with Crippen molar-refractivity contribution in [3.8, 4) is 0 Å². The molecule has 1 fully saturated rings. The fourth-order valence-electron chi connectivity index (χ4n) is 4.24. The number of aromatic nitrogens is 5. The number of hydrogen-bond acceptors (Lipinski definition) is 10. The zero-order valence-corrected chi connectivity index (χ0v) is 20.0. The first-order chi connectivity index (χ1) is 17.6. The number of aromatic amines is 1. The summed E-state index contributed by atoms with van der Waals surface area (Å²) in [5, 5.41) is 24.3. The number of nitrogens with zero attached hydrogens (tertiary/aromatic N) is 4. The molecule has 1 amide bonds. The van der Waals surface area contributed by atoms with E-state index in [1.807, 2.05) is 30.5 Å². The minimum Gasteiger partial charge on any atom is -0.387 e. The fraction of sp³-hybridized carbons (Fsp3) is 0.333. The molecule has 1 aromatic carbocycles. The third-order valence-electron chi connectivity index (χ3n) is 6.07. The molecule has 4 aromatic rings. The van der Waals surface area contributed by atoms with Crippen LogP contribution in [0.15, 0.2) is 43.1 Å². The number of benzene rings is 1. The van der Waals surface area contributed by atoms with Crippen LogP contribution >= 0.6 is 7.82 Å². The zero-order chi connectivity index (χ0) is 26.3. The number of aliphatic hydroxyl groups is 2. The first kappa shape index (κ1) is 25.4. The Morgan fingerprint density at radius 3 is 2.81 bits per heavy atom. The Morgan fingerprint density at radius 1 is 1.24 bits per heavy atom. The number of amides is 1. The maximum atomic E-state index is 12.9. The zero-order valence-electron chi connectivity index (χ0n) is 19.1. The third kappa shape index (κ3) is 5.12. The summed E-state index contributed by atoms with van der Waals surface area (Å²) < 4.78 is 22.2. The maximum Gasteiger partial charge on any atom is 0.469 e. The van der Waals surface area contributed by atoms with Gasteiger partial charge in [-0.2, -0.15) is 0 Å². The normalized spacial score (nSPS) is 23.1. The average Bonchev–Trinajstić information content (AvgIpc) is 3.55. The van der Waals surface area contributed by atoms with Gasteiger partial charge < -0.3 is 40.8 Å². The van der Waals surface area contributed by atoms with Crippen molar-refractivity contribution in [2.24, 2.45) is 5.73 Å². The van der Waals surface area contributed by atoms with Crippen LogP contribution in [0.25, 0.3) is 22.1 Å². The number of carbonyl (C=O) groups excluding carboxylic acids is 1. The number of imidazole rings is 1. The number of phosphoric acid groups is 1. The minimum atomic E-state index is -4.81. The van der Waals surface area contributed by atoms with Gasteiger partial charge in [0.1, 0.15) is 24.6 Å². The monoisotopic (exact) mass is 533 g/mol. The van der Waals surface area contributed by atoms with Crippen LogP contribution in [0.2, 0.25) is 0 Å². The fourth-order valence-corrected chi connectivity index (χ4v) is 4.58. The second kappa shape index (κ2) is 9.89. The molecular formula is C21H24N7O8P. The summed E-state index contributed by atoms with van der Waals surface area (Å²) in [7, 11) is -4.81. The summed E-state index contributed by atoms with van der Waals surface area (Å²) in [6.07, 6.45) is -0.890. The van der Waals surface area contributed by atoms with Gasteiger partial charge in [-0.05, 0) is 18.1 Å². The number of anilines is 1. The van der Waals surface area contributed by atoms with Crippen LogP contribution in [-0.4, -0.2) is 81.4 Å². The summed E-state index contributed by atoms with van der Waals surface area (Å²) >= 11 is 0. The van der Waals surface area contributed by atoms with Crippen LogP contribution in [0.3, 0.4) is 0 Å². The van der Waals surface area contributed by atoms with Gasteiger partial charge in [0, 0.05) is 17.1 Å². The number of para-hydroxylation sites is 1. The smallest absolute Gasteiger partial charge is 0.387 e. The predicted molar refractivity (Wildman–Crippen MR) is 128 cm³/mol. The molecule has 3 aromatic heterocycles. The Kier molecular flexibility index (Phi) is 6.78. The van der Waals surface area contributed by atoms with Crippen molar-refractivity contribution >= 4 is 41.6 Å². The molecule has 8 N–H and O–H groups in total. The van der Waals surface area contributed by atoms with E-state index in [4.69, 9.17) is 20.3 Å². The number of aliphatic hydroxyl groups excluding tert-OH is 2. The van der Waals surface area contributed by atoms with Crippen LogP contribution in [-0.2, 0) is 25.0 Å². The molecule has 1 saturated heterocycles. The van der Waals surface area contributed by atoms with Gasteiger partial charge in [0.2, 0.25) is 5.91 Å². The quantitative estimate of drug-likeness (QED) is 0.143. The largest absolute Gasteiger partial charge is 0.469 e. The summed E-state index contributed by atoms with van der Waals surface area (Å²) in [6.45, 7) is -0.657. The highest BCUT2D eigenvalue weighted by Gasteiger charge is 2.45. The van der Waals surface area contributed by atoms with Gasteiger partial charge in [0.25, 0.3) is 0 Å².